The molecule has 0 aromatic heterocycles. The molecule has 3 heteroatoms. The first kappa shape index (κ1) is 7.13. The van der Waals surface area contributed by atoms with Gasteiger partial charge in [-0.1, -0.05) is 0 Å². The Bertz CT molecular complexity index is 184. The molecule has 2 rings (SSSR count). The van der Waals surface area contributed by atoms with Gasteiger partial charge in [0, 0.05) is 12.7 Å². The maximum absolute atomic E-state index is 3.35. The summed E-state index contributed by atoms with van der Waals surface area (Å²) in [5.74, 6) is 0.829. The molecule has 0 amide bonds. The summed E-state index contributed by atoms with van der Waals surface area (Å²) >= 11 is 0. The fraction of sp³-hybridized carbons (Fsp3) is 0.750. The lowest BCUT2D eigenvalue weighted by molar-refractivity contribution is 0.222. The Morgan fingerprint density at radius 3 is 2.82 bits per heavy atom. The molecule has 1 aliphatic carbocycles. The van der Waals surface area contributed by atoms with Gasteiger partial charge in [-0.2, -0.15) is 0 Å². The van der Waals surface area contributed by atoms with Gasteiger partial charge in [0.05, 0.1) is 6.17 Å². The van der Waals surface area contributed by atoms with E-state index in [0.29, 0.717) is 6.17 Å². The number of hydrogen-bond donors (Lipinski definition) is 2. The predicted molar refractivity (Wildman–Crippen MR) is 44.6 cm³/mol. The van der Waals surface area contributed by atoms with Crippen LogP contribution in [-0.2, 0) is 0 Å². The third-order valence-corrected chi connectivity index (χ3v) is 2.37. The van der Waals surface area contributed by atoms with E-state index >= 15 is 0 Å². The molecule has 1 saturated carbocycles. The third-order valence-electron chi connectivity index (χ3n) is 2.37. The number of nitrogens with zero attached hydrogens (tertiary/aromatic N) is 1. The van der Waals surface area contributed by atoms with Crippen LogP contribution in [-0.4, -0.2) is 25.3 Å². The van der Waals surface area contributed by atoms with Crippen LogP contribution in [0.5, 0.6) is 0 Å². The Morgan fingerprint density at radius 2 is 2.36 bits per heavy atom. The predicted octanol–water partition coefficient (Wildman–Crippen LogP) is 0.276. The molecule has 2 aliphatic rings. The minimum absolute atomic E-state index is 0.380. The topological polar surface area (TPSA) is 27.3 Å². The van der Waals surface area contributed by atoms with Crippen LogP contribution in [0.15, 0.2) is 11.8 Å². The Labute approximate surface area is 67.4 Å². The molecule has 0 spiro atoms. The van der Waals surface area contributed by atoms with Gasteiger partial charge in [0.2, 0.25) is 0 Å². The second-order valence-electron chi connectivity index (χ2n) is 3.35. The van der Waals surface area contributed by atoms with Crippen LogP contribution in [0.25, 0.3) is 0 Å². The summed E-state index contributed by atoms with van der Waals surface area (Å²) in [5, 5.41) is 5.32. The molecule has 0 aromatic rings. The van der Waals surface area contributed by atoms with Crippen LogP contribution in [0.1, 0.15) is 12.8 Å². The van der Waals surface area contributed by atoms with E-state index in [1.54, 1.807) is 0 Å². The molecule has 62 valence electrons. The van der Waals surface area contributed by atoms with Crippen molar-refractivity contribution in [1.29, 1.82) is 0 Å². The first-order chi connectivity index (χ1) is 5.31. The summed E-state index contributed by atoms with van der Waals surface area (Å²) in [6.45, 7) is 0. The monoisotopic (exact) mass is 153 g/mol. The summed E-state index contributed by atoms with van der Waals surface area (Å²) in [4.78, 5) is 0. The van der Waals surface area contributed by atoms with Crippen molar-refractivity contribution >= 4 is 0 Å². The summed E-state index contributed by atoms with van der Waals surface area (Å²) in [7, 11) is 4.04. The van der Waals surface area contributed by atoms with Gasteiger partial charge in [0.25, 0.3) is 0 Å². The number of nitrogens with one attached hydrogen (secondary N) is 2. The first-order valence-electron chi connectivity index (χ1n) is 4.19. The number of hydrazine groups is 1. The summed E-state index contributed by atoms with van der Waals surface area (Å²) in [6.07, 6.45) is 5.38. The lowest BCUT2D eigenvalue weighted by atomic mass is 10.3. The van der Waals surface area contributed by atoms with E-state index in [2.05, 4.69) is 28.9 Å². The standard InChI is InChI=1S/C8H15N3/c1-9-8-5-7(6-3-4-6)10-11(8)2/h5-6,8-10H,3-4H2,1-2H3. The number of rotatable bonds is 2. The quantitative estimate of drug-likeness (QED) is 0.596. The third kappa shape index (κ3) is 1.26. The second-order valence-corrected chi connectivity index (χ2v) is 3.35. The van der Waals surface area contributed by atoms with Crippen LogP contribution in [0.4, 0.5) is 0 Å². The summed E-state index contributed by atoms with van der Waals surface area (Å²) in [5.41, 5.74) is 4.76. The highest BCUT2D eigenvalue weighted by atomic mass is 15.6. The maximum Gasteiger partial charge on any atom is 0.0981 e. The van der Waals surface area contributed by atoms with Crippen molar-refractivity contribution in [3.8, 4) is 0 Å². The first-order valence-corrected chi connectivity index (χ1v) is 4.19. The van der Waals surface area contributed by atoms with Crippen LogP contribution in [0, 0.1) is 5.92 Å². The van der Waals surface area contributed by atoms with Crippen LogP contribution < -0.4 is 10.7 Å². The van der Waals surface area contributed by atoms with Crippen molar-refractivity contribution in [2.24, 2.45) is 5.92 Å². The minimum atomic E-state index is 0.380. The fourth-order valence-electron chi connectivity index (χ4n) is 1.49. The van der Waals surface area contributed by atoms with Crippen molar-refractivity contribution in [3.05, 3.63) is 11.8 Å². The van der Waals surface area contributed by atoms with Crippen molar-refractivity contribution in [3.63, 3.8) is 0 Å². The zero-order valence-electron chi connectivity index (χ0n) is 7.09. The van der Waals surface area contributed by atoms with E-state index in [4.69, 9.17) is 0 Å². The van der Waals surface area contributed by atoms with E-state index in [-0.39, 0.29) is 0 Å². The molecular weight excluding hydrogens is 138 g/mol. The minimum Gasteiger partial charge on any atom is -0.321 e. The smallest absolute Gasteiger partial charge is 0.0981 e. The molecule has 0 bridgehead atoms. The van der Waals surface area contributed by atoms with Gasteiger partial charge in [0.1, 0.15) is 0 Å². The molecule has 0 radical (unpaired) electrons. The normalized spacial score (nSPS) is 31.8. The van der Waals surface area contributed by atoms with Gasteiger partial charge in [-0.15, -0.1) is 0 Å². The molecule has 1 heterocycles. The van der Waals surface area contributed by atoms with Crippen LogP contribution in [0.2, 0.25) is 0 Å². The maximum atomic E-state index is 3.35. The van der Waals surface area contributed by atoms with Crippen molar-refractivity contribution in [1.82, 2.24) is 15.8 Å². The molecule has 1 fully saturated rings. The van der Waals surface area contributed by atoms with Gasteiger partial charge < -0.3 is 10.7 Å². The van der Waals surface area contributed by atoms with Gasteiger partial charge in [-0.3, -0.25) is 0 Å². The highest BCUT2D eigenvalue weighted by Gasteiger charge is 2.31. The molecule has 2 N–H and O–H groups in total. The molecule has 1 unspecified atom stereocenters. The average Bonchev–Trinajstić information content (AvgIpc) is 2.76. The van der Waals surface area contributed by atoms with Crippen LogP contribution in [0.3, 0.4) is 0 Å². The van der Waals surface area contributed by atoms with E-state index < -0.39 is 0 Å². The van der Waals surface area contributed by atoms with Crippen LogP contribution >= 0.6 is 0 Å². The summed E-state index contributed by atoms with van der Waals surface area (Å²) in [6, 6.07) is 0. The highest BCUT2D eigenvalue weighted by Crippen LogP contribution is 2.36. The molecule has 1 atom stereocenters. The molecule has 0 saturated heterocycles. The van der Waals surface area contributed by atoms with Crippen molar-refractivity contribution < 1.29 is 0 Å². The summed E-state index contributed by atoms with van der Waals surface area (Å²) < 4.78 is 0. The molecule has 0 aromatic carbocycles. The Kier molecular flexibility index (Phi) is 1.62. The lowest BCUT2D eigenvalue weighted by Crippen LogP contribution is -2.42. The Balaban J connectivity index is 2.02. The van der Waals surface area contributed by atoms with Crippen molar-refractivity contribution in [2.75, 3.05) is 14.1 Å². The Morgan fingerprint density at radius 1 is 1.64 bits per heavy atom. The SMILES string of the molecule is CNC1C=C(C2CC2)NN1C. The highest BCUT2D eigenvalue weighted by molar-refractivity contribution is 5.16. The fourth-order valence-corrected chi connectivity index (χ4v) is 1.49. The molecule has 1 aliphatic heterocycles. The van der Waals surface area contributed by atoms with Gasteiger partial charge in [0.15, 0.2) is 0 Å². The second kappa shape index (κ2) is 2.50. The van der Waals surface area contributed by atoms with E-state index in [9.17, 15) is 0 Å². The molecule has 11 heavy (non-hydrogen) atoms. The van der Waals surface area contributed by atoms with E-state index in [1.165, 1.54) is 18.5 Å². The average molecular weight is 153 g/mol. The van der Waals surface area contributed by atoms with Gasteiger partial charge in [-0.25, -0.2) is 5.01 Å². The van der Waals surface area contributed by atoms with Gasteiger partial charge >= 0.3 is 0 Å². The number of allylic oxidation sites excluding steroid dienone is 1. The zero-order chi connectivity index (χ0) is 7.84. The van der Waals surface area contributed by atoms with E-state index in [1.807, 2.05) is 7.05 Å². The zero-order valence-corrected chi connectivity index (χ0v) is 7.09. The number of hydrogen-bond acceptors (Lipinski definition) is 3. The molecular formula is C8H15N3. The van der Waals surface area contributed by atoms with Crippen molar-refractivity contribution in [2.45, 2.75) is 19.0 Å². The van der Waals surface area contributed by atoms with Gasteiger partial charge in [-0.05, 0) is 31.9 Å². The largest absolute Gasteiger partial charge is 0.321 e. The lowest BCUT2D eigenvalue weighted by Gasteiger charge is -2.18. The molecule has 3 nitrogen and oxygen atoms in total. The number of likely N-dealkylation sites (N-methyl/N-ethyl adjacent to an activating group) is 2. The van der Waals surface area contributed by atoms with E-state index in [0.717, 1.165) is 5.92 Å². The Hall–Kier alpha value is -0.540.